The summed E-state index contributed by atoms with van der Waals surface area (Å²) in [6.07, 6.45) is 2.90. The summed E-state index contributed by atoms with van der Waals surface area (Å²) in [5, 5.41) is 1.01. The first-order valence-electron chi connectivity index (χ1n) is 7.39. The Morgan fingerprint density at radius 2 is 1.91 bits per heavy atom. The Kier molecular flexibility index (Phi) is 7.98. The number of nitrogens with zero attached hydrogens (tertiary/aromatic N) is 2. The van der Waals surface area contributed by atoms with Crippen molar-refractivity contribution in [2.75, 3.05) is 26.7 Å². The van der Waals surface area contributed by atoms with E-state index >= 15 is 0 Å². The Bertz CT molecular complexity index is 504. The van der Waals surface area contributed by atoms with Crippen LogP contribution in [0.4, 0.5) is 0 Å². The van der Waals surface area contributed by atoms with Gasteiger partial charge in [-0.1, -0.05) is 29.3 Å². The van der Waals surface area contributed by atoms with Gasteiger partial charge in [0.1, 0.15) is 0 Å². The van der Waals surface area contributed by atoms with E-state index in [0.717, 1.165) is 25.2 Å². The Morgan fingerprint density at radius 3 is 2.50 bits per heavy atom. The summed E-state index contributed by atoms with van der Waals surface area (Å²) in [5.74, 6) is 0.111. The average molecular weight is 366 g/mol. The molecule has 124 valence electrons. The summed E-state index contributed by atoms with van der Waals surface area (Å²) < 4.78 is 0. The summed E-state index contributed by atoms with van der Waals surface area (Å²) in [5.41, 5.74) is 0.898. The summed E-state index contributed by atoms with van der Waals surface area (Å²) in [4.78, 5) is 16.6. The lowest BCUT2D eigenvalue weighted by molar-refractivity contribution is -0.131. The maximum atomic E-state index is 12.4. The van der Waals surface area contributed by atoms with Crippen LogP contribution in [-0.4, -0.2) is 48.4 Å². The SMILES string of the molecule is C[C@@H](CN1CCCC1)N(C)C(=O)Cc1ccc(Cl)c(Cl)c1.Cl. The fourth-order valence-corrected chi connectivity index (χ4v) is 2.98. The van der Waals surface area contributed by atoms with E-state index in [-0.39, 0.29) is 24.4 Å². The lowest BCUT2D eigenvalue weighted by atomic mass is 10.1. The molecule has 1 aliphatic rings. The van der Waals surface area contributed by atoms with Crippen molar-refractivity contribution >= 4 is 41.5 Å². The molecule has 0 unspecified atom stereocenters. The minimum absolute atomic E-state index is 0. The molecule has 1 saturated heterocycles. The van der Waals surface area contributed by atoms with Crippen LogP contribution >= 0.6 is 35.6 Å². The minimum Gasteiger partial charge on any atom is -0.341 e. The summed E-state index contributed by atoms with van der Waals surface area (Å²) in [7, 11) is 1.88. The number of amides is 1. The van der Waals surface area contributed by atoms with Crippen molar-refractivity contribution in [1.82, 2.24) is 9.80 Å². The normalized spacial score (nSPS) is 16.2. The zero-order valence-corrected chi connectivity index (χ0v) is 15.3. The molecular weight excluding hydrogens is 343 g/mol. The van der Waals surface area contributed by atoms with Crippen LogP contribution in [0.5, 0.6) is 0 Å². The van der Waals surface area contributed by atoms with Crippen LogP contribution in [-0.2, 0) is 11.2 Å². The molecule has 22 heavy (non-hydrogen) atoms. The third-order valence-electron chi connectivity index (χ3n) is 4.12. The third kappa shape index (κ3) is 5.31. The summed E-state index contributed by atoms with van der Waals surface area (Å²) >= 11 is 11.9. The zero-order valence-electron chi connectivity index (χ0n) is 13.0. The molecule has 0 bridgehead atoms. The second-order valence-corrected chi connectivity index (χ2v) is 6.60. The highest BCUT2D eigenvalue weighted by Crippen LogP contribution is 2.23. The number of rotatable bonds is 5. The molecule has 0 radical (unpaired) electrons. The van der Waals surface area contributed by atoms with Crippen molar-refractivity contribution < 1.29 is 4.79 Å². The van der Waals surface area contributed by atoms with Crippen molar-refractivity contribution in [2.24, 2.45) is 0 Å². The van der Waals surface area contributed by atoms with Crippen LogP contribution in [0, 0.1) is 0 Å². The van der Waals surface area contributed by atoms with Crippen molar-refractivity contribution in [3.63, 3.8) is 0 Å². The Labute approximate surface area is 149 Å². The highest BCUT2D eigenvalue weighted by Gasteiger charge is 2.20. The topological polar surface area (TPSA) is 23.6 Å². The standard InChI is InChI=1S/C16H22Cl2N2O.ClH/c1-12(11-20-7-3-4-8-20)19(2)16(21)10-13-5-6-14(17)15(18)9-13;/h5-6,9,12H,3-4,7-8,10-11H2,1-2H3;1H/t12-;/m0./s1. The van der Waals surface area contributed by atoms with E-state index < -0.39 is 0 Å². The average Bonchev–Trinajstić information content (AvgIpc) is 2.94. The molecule has 1 aromatic rings. The van der Waals surface area contributed by atoms with Crippen LogP contribution in [0.1, 0.15) is 25.3 Å². The van der Waals surface area contributed by atoms with Crippen molar-refractivity contribution in [3.8, 4) is 0 Å². The van der Waals surface area contributed by atoms with Crippen LogP contribution in [0.3, 0.4) is 0 Å². The van der Waals surface area contributed by atoms with Gasteiger partial charge < -0.3 is 9.80 Å². The van der Waals surface area contributed by atoms with Gasteiger partial charge in [0, 0.05) is 19.6 Å². The van der Waals surface area contributed by atoms with Gasteiger partial charge in [-0.15, -0.1) is 12.4 Å². The minimum atomic E-state index is 0. The Hall–Kier alpha value is -0.480. The predicted molar refractivity (Wildman–Crippen MR) is 95.3 cm³/mol. The number of hydrogen-bond donors (Lipinski definition) is 0. The van der Waals surface area contributed by atoms with Crippen molar-refractivity contribution in [2.45, 2.75) is 32.2 Å². The molecule has 0 aliphatic carbocycles. The lowest BCUT2D eigenvalue weighted by Gasteiger charge is -2.29. The van der Waals surface area contributed by atoms with Crippen molar-refractivity contribution in [1.29, 1.82) is 0 Å². The molecular formula is C16H23Cl3N2O. The highest BCUT2D eigenvalue weighted by atomic mass is 35.5. The maximum Gasteiger partial charge on any atom is 0.227 e. The van der Waals surface area contributed by atoms with Crippen LogP contribution in [0.2, 0.25) is 10.0 Å². The van der Waals surface area contributed by atoms with E-state index in [1.165, 1.54) is 12.8 Å². The van der Waals surface area contributed by atoms with E-state index in [0.29, 0.717) is 16.5 Å². The van der Waals surface area contributed by atoms with Gasteiger partial charge in [0.15, 0.2) is 0 Å². The fraction of sp³-hybridized carbons (Fsp3) is 0.562. The van der Waals surface area contributed by atoms with Gasteiger partial charge in [-0.05, 0) is 50.6 Å². The second kappa shape index (κ2) is 8.97. The number of halogens is 3. The number of carbonyl (C=O) groups excluding carboxylic acids is 1. The first-order valence-corrected chi connectivity index (χ1v) is 8.15. The maximum absolute atomic E-state index is 12.4. The van der Waals surface area contributed by atoms with Gasteiger partial charge >= 0.3 is 0 Å². The molecule has 1 fully saturated rings. The monoisotopic (exact) mass is 364 g/mol. The van der Waals surface area contributed by atoms with Gasteiger partial charge in [-0.2, -0.15) is 0 Å². The Morgan fingerprint density at radius 1 is 1.27 bits per heavy atom. The zero-order chi connectivity index (χ0) is 15.4. The molecule has 1 aliphatic heterocycles. The number of likely N-dealkylation sites (N-methyl/N-ethyl adjacent to an activating group) is 1. The van der Waals surface area contributed by atoms with E-state index in [2.05, 4.69) is 11.8 Å². The molecule has 0 spiro atoms. The molecule has 1 amide bonds. The number of carbonyl (C=O) groups is 1. The molecule has 0 N–H and O–H groups in total. The van der Waals surface area contributed by atoms with Gasteiger partial charge in [0.2, 0.25) is 5.91 Å². The molecule has 1 heterocycles. The molecule has 6 heteroatoms. The van der Waals surface area contributed by atoms with E-state index in [9.17, 15) is 4.79 Å². The quantitative estimate of drug-likeness (QED) is 0.790. The molecule has 0 aromatic heterocycles. The predicted octanol–water partition coefficient (Wildman–Crippen LogP) is 3.90. The first-order chi connectivity index (χ1) is 9.97. The van der Waals surface area contributed by atoms with Crippen LogP contribution < -0.4 is 0 Å². The van der Waals surface area contributed by atoms with Crippen LogP contribution in [0.15, 0.2) is 18.2 Å². The van der Waals surface area contributed by atoms with E-state index in [1.54, 1.807) is 12.1 Å². The number of hydrogen-bond acceptors (Lipinski definition) is 2. The smallest absolute Gasteiger partial charge is 0.227 e. The lowest BCUT2D eigenvalue weighted by Crippen LogP contribution is -2.43. The highest BCUT2D eigenvalue weighted by molar-refractivity contribution is 6.42. The molecule has 1 atom stereocenters. The van der Waals surface area contributed by atoms with E-state index in [4.69, 9.17) is 23.2 Å². The first kappa shape index (κ1) is 19.6. The molecule has 2 rings (SSSR count). The van der Waals surface area contributed by atoms with Crippen LogP contribution in [0.25, 0.3) is 0 Å². The van der Waals surface area contributed by atoms with Gasteiger partial charge in [0.05, 0.1) is 16.5 Å². The largest absolute Gasteiger partial charge is 0.341 e. The number of likely N-dealkylation sites (tertiary alicyclic amines) is 1. The third-order valence-corrected chi connectivity index (χ3v) is 4.85. The fourth-order valence-electron chi connectivity index (χ4n) is 2.66. The second-order valence-electron chi connectivity index (χ2n) is 5.79. The Balaban J connectivity index is 0.00000242. The van der Waals surface area contributed by atoms with E-state index in [1.807, 2.05) is 18.0 Å². The summed E-state index contributed by atoms with van der Waals surface area (Å²) in [6, 6.07) is 5.57. The summed E-state index contributed by atoms with van der Waals surface area (Å²) in [6.45, 7) is 5.35. The molecule has 0 saturated carbocycles. The van der Waals surface area contributed by atoms with Crippen molar-refractivity contribution in [3.05, 3.63) is 33.8 Å². The molecule has 1 aromatic carbocycles. The van der Waals surface area contributed by atoms with Gasteiger partial charge in [-0.25, -0.2) is 0 Å². The number of benzene rings is 1. The van der Waals surface area contributed by atoms with Gasteiger partial charge in [0.25, 0.3) is 0 Å². The van der Waals surface area contributed by atoms with Gasteiger partial charge in [-0.3, -0.25) is 4.79 Å². The molecule has 3 nitrogen and oxygen atoms in total.